The van der Waals surface area contributed by atoms with Crippen LogP contribution in [0.2, 0.25) is 0 Å². The highest BCUT2D eigenvalue weighted by molar-refractivity contribution is 7.22. The highest BCUT2D eigenvalue weighted by Gasteiger charge is 2.32. The molecule has 3 aliphatic rings. The molecule has 3 aromatic carbocycles. The topological polar surface area (TPSA) is 194 Å². The maximum Gasteiger partial charge on any atom is 0.414 e. The Morgan fingerprint density at radius 2 is 1.25 bits per heavy atom. The van der Waals surface area contributed by atoms with E-state index in [-0.39, 0.29) is 6.10 Å². The van der Waals surface area contributed by atoms with Crippen molar-refractivity contribution >= 4 is 45.3 Å². The average Bonchev–Trinajstić information content (AvgIpc) is 3.75. The van der Waals surface area contributed by atoms with Crippen LogP contribution in [-0.2, 0) is 25.6 Å². The lowest BCUT2D eigenvalue weighted by molar-refractivity contribution is -0.159. The molecule has 5 N–H and O–H groups in total. The van der Waals surface area contributed by atoms with Crippen molar-refractivity contribution in [3.05, 3.63) is 77.9 Å². The second kappa shape index (κ2) is 21.4. The van der Waals surface area contributed by atoms with E-state index in [0.717, 1.165) is 42.2 Å². The predicted octanol–water partition coefficient (Wildman–Crippen LogP) is 7.22. The molecule has 4 aromatic rings. The van der Waals surface area contributed by atoms with Crippen LogP contribution in [0.4, 0.5) is 0 Å². The summed E-state index contributed by atoms with van der Waals surface area (Å²) in [5, 5.41) is 41.0. The van der Waals surface area contributed by atoms with Gasteiger partial charge in [0.2, 0.25) is 0 Å². The van der Waals surface area contributed by atoms with Gasteiger partial charge in [0.05, 0.1) is 0 Å². The van der Waals surface area contributed by atoms with Crippen molar-refractivity contribution in [3.8, 4) is 27.7 Å². The molecule has 0 bridgehead atoms. The molecule has 7 rings (SSSR count). The smallest absolute Gasteiger partial charge is 0.414 e. The highest BCUT2D eigenvalue weighted by atomic mass is 32.1. The number of phenols is 1. The van der Waals surface area contributed by atoms with Crippen molar-refractivity contribution in [1.29, 1.82) is 0 Å². The molecule has 2 saturated heterocycles. The lowest BCUT2D eigenvalue weighted by Gasteiger charge is -2.39. The van der Waals surface area contributed by atoms with Gasteiger partial charge in [-0.2, -0.15) is 0 Å². The number of fused-ring (bicyclic) bond motifs is 1. The molecule has 2 atom stereocenters. The first-order chi connectivity index (χ1) is 27.5. The van der Waals surface area contributed by atoms with E-state index >= 15 is 0 Å². The maximum atomic E-state index is 10.2. The van der Waals surface area contributed by atoms with Gasteiger partial charge in [-0.15, -0.1) is 11.3 Å². The molecule has 0 spiro atoms. The number of carbonyl (C=O) groups is 4. The van der Waals surface area contributed by atoms with Crippen molar-refractivity contribution in [2.75, 3.05) is 39.3 Å². The Labute approximate surface area is 336 Å². The SMILES string of the molecule is O=C(O)C(=O)O.O=C(O)C(=O)O.Oc1ccc2c(Cc3ccc(O[C@@H]4CCCC[C@H]4N4CCCCCC4)cc3)c(-c3ccc(OCCN4CCCC4)cc3)sc2c1. The Hall–Kier alpha value is -5.18. The van der Waals surface area contributed by atoms with Crippen LogP contribution in [0.3, 0.4) is 0 Å². The number of hydrogen-bond acceptors (Lipinski definition) is 10. The lowest BCUT2D eigenvalue weighted by atomic mass is 9.91. The first kappa shape index (κ1) is 43.0. The fourth-order valence-corrected chi connectivity index (χ4v) is 8.93. The third-order valence-electron chi connectivity index (χ3n) is 10.5. The average molecular weight is 805 g/mol. The van der Waals surface area contributed by atoms with Gasteiger partial charge in [-0.3, -0.25) is 9.80 Å². The summed E-state index contributed by atoms with van der Waals surface area (Å²) in [6, 6.07) is 23.7. The molecular weight excluding hydrogens is 753 g/mol. The number of likely N-dealkylation sites (tertiary alicyclic amines) is 2. The number of benzene rings is 3. The van der Waals surface area contributed by atoms with Crippen molar-refractivity contribution in [1.82, 2.24) is 9.80 Å². The van der Waals surface area contributed by atoms with E-state index in [0.29, 0.717) is 11.8 Å². The van der Waals surface area contributed by atoms with E-state index in [1.807, 2.05) is 12.1 Å². The summed E-state index contributed by atoms with van der Waals surface area (Å²) in [6.45, 7) is 6.57. The third-order valence-corrected chi connectivity index (χ3v) is 11.7. The van der Waals surface area contributed by atoms with Gasteiger partial charge in [0.15, 0.2) is 0 Å². The van der Waals surface area contributed by atoms with Crippen LogP contribution in [0.1, 0.15) is 75.3 Å². The van der Waals surface area contributed by atoms with Crippen LogP contribution in [0.25, 0.3) is 20.5 Å². The standard InChI is InChI=1S/C39H48N2O3S.2C2H2O4/c42-31-15-20-34-35(39(45-38(34)28-31)30-13-18-32(19-14-30)43-26-25-40-21-7-8-22-40)27-29-11-16-33(17-12-29)44-37-10-4-3-9-36(37)41-23-5-1-2-6-24-41;2*3-1(4)2(5)6/h11-20,28,36-37,42H,1-10,21-27H2;2*(H,3,4)(H,5,6)/t36-,37-;;/m1../s1. The zero-order valence-corrected chi connectivity index (χ0v) is 32.8. The van der Waals surface area contributed by atoms with E-state index in [9.17, 15) is 5.11 Å². The summed E-state index contributed by atoms with van der Waals surface area (Å²) in [6.07, 6.45) is 14.1. The zero-order valence-electron chi connectivity index (χ0n) is 32.0. The van der Waals surface area contributed by atoms with E-state index in [2.05, 4.69) is 64.4 Å². The molecule has 1 saturated carbocycles. The Bertz CT molecular complexity index is 1880. The second-order valence-electron chi connectivity index (χ2n) is 14.5. The number of hydrogen-bond donors (Lipinski definition) is 5. The molecule has 57 heavy (non-hydrogen) atoms. The number of aliphatic carboxylic acids is 4. The van der Waals surface area contributed by atoms with Crippen LogP contribution in [-0.4, -0.2) is 111 Å². The second-order valence-corrected chi connectivity index (χ2v) is 15.6. The molecule has 306 valence electrons. The summed E-state index contributed by atoms with van der Waals surface area (Å²) in [5.74, 6) is -5.07. The summed E-state index contributed by atoms with van der Waals surface area (Å²) in [7, 11) is 0. The first-order valence-electron chi connectivity index (χ1n) is 19.6. The molecule has 3 heterocycles. The summed E-state index contributed by atoms with van der Waals surface area (Å²) < 4.78 is 13.9. The number of carboxylic acid groups (broad SMARTS) is 4. The fraction of sp³-hybridized carbons (Fsp3) is 0.442. The van der Waals surface area contributed by atoms with Gasteiger partial charge >= 0.3 is 23.9 Å². The van der Waals surface area contributed by atoms with Crippen molar-refractivity contribution in [3.63, 3.8) is 0 Å². The Morgan fingerprint density at radius 1 is 0.667 bits per heavy atom. The van der Waals surface area contributed by atoms with E-state index < -0.39 is 23.9 Å². The molecule has 1 aromatic heterocycles. The number of carboxylic acids is 4. The van der Waals surface area contributed by atoms with Gasteiger partial charge < -0.3 is 35.0 Å². The van der Waals surface area contributed by atoms with Crippen molar-refractivity contribution in [2.24, 2.45) is 0 Å². The Kier molecular flexibility index (Phi) is 16.1. The summed E-state index contributed by atoms with van der Waals surface area (Å²) in [5.41, 5.74) is 3.76. The molecule has 3 fully saturated rings. The van der Waals surface area contributed by atoms with Gasteiger partial charge in [0.1, 0.15) is 30.0 Å². The molecular formula is C43H52N2O11S. The minimum atomic E-state index is -1.82. The van der Waals surface area contributed by atoms with Crippen LogP contribution in [0.15, 0.2) is 66.7 Å². The number of phenolic OH excluding ortho intramolecular Hbond substituents is 1. The van der Waals surface area contributed by atoms with Crippen LogP contribution in [0, 0.1) is 0 Å². The van der Waals surface area contributed by atoms with Crippen molar-refractivity contribution < 1.29 is 54.2 Å². The van der Waals surface area contributed by atoms with Crippen LogP contribution >= 0.6 is 11.3 Å². The summed E-state index contributed by atoms with van der Waals surface area (Å²) >= 11 is 1.76. The van der Waals surface area contributed by atoms with Crippen molar-refractivity contribution in [2.45, 2.75) is 82.8 Å². The van der Waals surface area contributed by atoms with Crippen LogP contribution < -0.4 is 9.47 Å². The largest absolute Gasteiger partial charge is 0.508 e. The third kappa shape index (κ3) is 12.9. The highest BCUT2D eigenvalue weighted by Crippen LogP contribution is 2.42. The van der Waals surface area contributed by atoms with E-state index in [4.69, 9.17) is 49.1 Å². The minimum Gasteiger partial charge on any atom is -0.508 e. The molecule has 1 aliphatic carbocycles. The fourth-order valence-electron chi connectivity index (χ4n) is 7.67. The maximum absolute atomic E-state index is 10.2. The number of thiophene rings is 1. The van der Waals surface area contributed by atoms with Gasteiger partial charge in [-0.05, 0) is 154 Å². The van der Waals surface area contributed by atoms with E-state index in [1.165, 1.54) is 111 Å². The Balaban J connectivity index is 0.000000452. The zero-order chi connectivity index (χ0) is 40.7. The normalized spacial score (nSPS) is 18.6. The molecule has 0 unspecified atom stereocenters. The molecule has 2 aliphatic heterocycles. The predicted molar refractivity (Wildman–Crippen MR) is 217 cm³/mol. The number of nitrogens with zero attached hydrogens (tertiary/aromatic N) is 2. The van der Waals surface area contributed by atoms with Gasteiger partial charge in [0, 0.05) is 22.2 Å². The van der Waals surface area contributed by atoms with Gasteiger partial charge in [-0.1, -0.05) is 31.4 Å². The van der Waals surface area contributed by atoms with E-state index in [1.54, 1.807) is 11.3 Å². The monoisotopic (exact) mass is 804 g/mol. The lowest BCUT2D eigenvalue weighted by Crippen LogP contribution is -2.48. The molecule has 14 heteroatoms. The quantitative estimate of drug-likeness (QED) is 0.101. The number of rotatable bonds is 10. The number of aromatic hydroxyl groups is 1. The van der Waals surface area contributed by atoms with Gasteiger partial charge in [0.25, 0.3) is 0 Å². The minimum absolute atomic E-state index is 0.287. The first-order valence-corrected chi connectivity index (χ1v) is 20.4. The summed E-state index contributed by atoms with van der Waals surface area (Å²) in [4.78, 5) is 42.9. The molecule has 13 nitrogen and oxygen atoms in total. The molecule has 0 amide bonds. The Morgan fingerprint density at radius 3 is 1.86 bits per heavy atom. The molecule has 0 radical (unpaired) electrons. The number of ether oxygens (including phenoxy) is 2. The van der Waals surface area contributed by atoms with Gasteiger partial charge in [-0.25, -0.2) is 19.2 Å². The van der Waals surface area contributed by atoms with Crippen LogP contribution in [0.5, 0.6) is 17.2 Å².